The molecule has 0 aromatic heterocycles. The molecule has 0 unspecified atom stereocenters. The number of amides is 2. The van der Waals surface area contributed by atoms with Crippen molar-refractivity contribution in [3.63, 3.8) is 0 Å². The van der Waals surface area contributed by atoms with Gasteiger partial charge in [0.05, 0.1) is 13.2 Å². The van der Waals surface area contributed by atoms with Crippen molar-refractivity contribution in [2.24, 2.45) is 5.92 Å². The van der Waals surface area contributed by atoms with E-state index in [1.165, 1.54) is 5.56 Å². The molecule has 2 aromatic rings. The van der Waals surface area contributed by atoms with Crippen LogP contribution in [0.1, 0.15) is 41.1 Å². The SMILES string of the molecule is O=C(c1cccc(OC2CCN(C(=O)[C@@H]3C[C@H]3c3ccccc3)CC2)c1)N1CCOCC1. The summed E-state index contributed by atoms with van der Waals surface area (Å²) in [5.74, 6) is 1.55. The highest BCUT2D eigenvalue weighted by molar-refractivity contribution is 5.94. The summed E-state index contributed by atoms with van der Waals surface area (Å²) in [5, 5.41) is 0. The van der Waals surface area contributed by atoms with Crippen LogP contribution in [0.2, 0.25) is 0 Å². The van der Waals surface area contributed by atoms with Crippen molar-refractivity contribution in [3.8, 4) is 5.75 Å². The van der Waals surface area contributed by atoms with Gasteiger partial charge in [0.2, 0.25) is 5.91 Å². The van der Waals surface area contributed by atoms with Crippen molar-refractivity contribution in [1.82, 2.24) is 9.80 Å². The Hall–Kier alpha value is -2.86. The summed E-state index contributed by atoms with van der Waals surface area (Å²) in [6.07, 6.45) is 2.66. The Bertz CT molecular complexity index is 949. The van der Waals surface area contributed by atoms with E-state index < -0.39 is 0 Å². The van der Waals surface area contributed by atoms with Gasteiger partial charge in [0.15, 0.2) is 0 Å². The fraction of sp³-hybridized carbons (Fsp3) is 0.462. The topological polar surface area (TPSA) is 59.1 Å². The molecule has 2 aliphatic heterocycles. The van der Waals surface area contributed by atoms with Gasteiger partial charge in [-0.1, -0.05) is 36.4 Å². The molecule has 2 saturated heterocycles. The molecule has 0 radical (unpaired) electrons. The molecular weight excluding hydrogens is 404 g/mol. The molecule has 3 fully saturated rings. The van der Waals surface area contributed by atoms with E-state index in [0.29, 0.717) is 37.8 Å². The molecule has 6 nitrogen and oxygen atoms in total. The normalized spacial score (nSPS) is 23.6. The van der Waals surface area contributed by atoms with E-state index in [4.69, 9.17) is 9.47 Å². The lowest BCUT2D eigenvalue weighted by atomic mass is 10.1. The molecule has 0 N–H and O–H groups in total. The van der Waals surface area contributed by atoms with Crippen molar-refractivity contribution in [2.75, 3.05) is 39.4 Å². The number of ether oxygens (including phenoxy) is 2. The third-order valence-electron chi connectivity index (χ3n) is 6.77. The fourth-order valence-corrected chi connectivity index (χ4v) is 4.81. The Labute approximate surface area is 189 Å². The van der Waals surface area contributed by atoms with E-state index in [1.54, 1.807) is 0 Å². The van der Waals surface area contributed by atoms with Crippen LogP contribution >= 0.6 is 0 Å². The molecule has 1 aliphatic carbocycles. The Morgan fingerprint density at radius 1 is 0.875 bits per heavy atom. The maximum Gasteiger partial charge on any atom is 0.254 e. The summed E-state index contributed by atoms with van der Waals surface area (Å²) < 4.78 is 11.5. The number of nitrogens with zero attached hydrogens (tertiary/aromatic N) is 2. The predicted molar refractivity (Wildman–Crippen MR) is 121 cm³/mol. The number of benzene rings is 2. The second-order valence-corrected chi connectivity index (χ2v) is 8.93. The minimum absolute atomic E-state index is 0.0246. The number of hydrogen-bond acceptors (Lipinski definition) is 4. The quantitative estimate of drug-likeness (QED) is 0.724. The predicted octanol–water partition coefficient (Wildman–Crippen LogP) is 3.33. The van der Waals surface area contributed by atoms with Crippen LogP contribution in [0.25, 0.3) is 0 Å². The van der Waals surface area contributed by atoms with Crippen LogP contribution in [0, 0.1) is 5.92 Å². The molecule has 32 heavy (non-hydrogen) atoms. The first kappa shape index (κ1) is 21.0. The van der Waals surface area contributed by atoms with Crippen LogP contribution in [0.4, 0.5) is 0 Å². The number of likely N-dealkylation sites (tertiary alicyclic amines) is 1. The van der Waals surface area contributed by atoms with Gasteiger partial charge in [0.1, 0.15) is 11.9 Å². The van der Waals surface area contributed by atoms with Crippen LogP contribution in [-0.4, -0.2) is 67.1 Å². The van der Waals surface area contributed by atoms with Crippen molar-refractivity contribution in [3.05, 3.63) is 65.7 Å². The zero-order chi connectivity index (χ0) is 21.9. The molecule has 2 aromatic carbocycles. The lowest BCUT2D eigenvalue weighted by Gasteiger charge is -2.32. The van der Waals surface area contributed by atoms with Crippen molar-refractivity contribution < 1.29 is 19.1 Å². The van der Waals surface area contributed by atoms with Crippen molar-refractivity contribution in [2.45, 2.75) is 31.3 Å². The molecule has 5 rings (SSSR count). The van der Waals surface area contributed by atoms with Gasteiger partial charge >= 0.3 is 0 Å². The van der Waals surface area contributed by atoms with Crippen LogP contribution in [-0.2, 0) is 9.53 Å². The number of carbonyl (C=O) groups is 2. The molecule has 2 heterocycles. The fourth-order valence-electron chi connectivity index (χ4n) is 4.81. The molecule has 3 aliphatic rings. The molecule has 1 saturated carbocycles. The largest absolute Gasteiger partial charge is 0.490 e. The summed E-state index contributed by atoms with van der Waals surface area (Å²) in [6, 6.07) is 17.8. The highest BCUT2D eigenvalue weighted by atomic mass is 16.5. The van der Waals surface area contributed by atoms with Crippen molar-refractivity contribution in [1.29, 1.82) is 0 Å². The van der Waals surface area contributed by atoms with Crippen LogP contribution < -0.4 is 4.74 Å². The Morgan fingerprint density at radius 2 is 1.62 bits per heavy atom. The van der Waals surface area contributed by atoms with Gasteiger partial charge < -0.3 is 19.3 Å². The van der Waals surface area contributed by atoms with Crippen LogP contribution in [0.15, 0.2) is 54.6 Å². The lowest BCUT2D eigenvalue weighted by molar-refractivity contribution is -0.134. The van der Waals surface area contributed by atoms with Crippen LogP contribution in [0.3, 0.4) is 0 Å². The Balaban J connectivity index is 1.12. The van der Waals surface area contributed by atoms with E-state index in [-0.39, 0.29) is 23.8 Å². The minimum atomic E-state index is 0.0246. The summed E-state index contributed by atoms with van der Waals surface area (Å²) >= 11 is 0. The maximum atomic E-state index is 12.9. The lowest BCUT2D eigenvalue weighted by Crippen LogP contribution is -2.42. The zero-order valence-corrected chi connectivity index (χ0v) is 18.3. The van der Waals surface area contributed by atoms with Gasteiger partial charge in [-0.05, 0) is 36.1 Å². The van der Waals surface area contributed by atoms with Gasteiger partial charge in [-0.15, -0.1) is 0 Å². The second kappa shape index (κ2) is 9.33. The number of piperidine rings is 1. The highest BCUT2D eigenvalue weighted by Gasteiger charge is 2.46. The summed E-state index contributed by atoms with van der Waals surface area (Å²) in [7, 11) is 0. The standard InChI is InChI=1S/C26H30N2O4/c29-25(28-13-15-31-16-14-28)20-7-4-8-22(17-20)32-21-9-11-27(12-10-21)26(30)24-18-23(24)19-5-2-1-3-6-19/h1-8,17,21,23-24H,9-16,18H2/t23-,24+/m0/s1. The zero-order valence-electron chi connectivity index (χ0n) is 18.3. The van der Waals surface area contributed by atoms with Gasteiger partial charge in [-0.25, -0.2) is 0 Å². The van der Waals surface area contributed by atoms with E-state index in [2.05, 4.69) is 12.1 Å². The Kier molecular flexibility index (Phi) is 6.12. The molecular formula is C26H30N2O4. The minimum Gasteiger partial charge on any atom is -0.490 e. The number of hydrogen-bond donors (Lipinski definition) is 0. The van der Waals surface area contributed by atoms with E-state index in [0.717, 1.165) is 38.1 Å². The molecule has 168 valence electrons. The number of carbonyl (C=O) groups excluding carboxylic acids is 2. The smallest absolute Gasteiger partial charge is 0.254 e. The van der Waals surface area contributed by atoms with Gasteiger partial charge in [0, 0.05) is 50.5 Å². The van der Waals surface area contributed by atoms with Crippen LogP contribution in [0.5, 0.6) is 5.75 Å². The molecule has 6 heteroatoms. The summed E-state index contributed by atoms with van der Waals surface area (Å²) in [5.41, 5.74) is 1.92. The maximum absolute atomic E-state index is 12.9. The highest BCUT2D eigenvalue weighted by Crippen LogP contribution is 2.48. The monoisotopic (exact) mass is 434 g/mol. The molecule has 2 atom stereocenters. The average Bonchev–Trinajstić information content (AvgIpc) is 3.66. The van der Waals surface area contributed by atoms with Crippen molar-refractivity contribution >= 4 is 11.8 Å². The summed E-state index contributed by atoms with van der Waals surface area (Å²) in [6.45, 7) is 3.89. The Morgan fingerprint density at radius 3 is 2.38 bits per heavy atom. The van der Waals surface area contributed by atoms with E-state index >= 15 is 0 Å². The number of morpholine rings is 1. The first-order chi connectivity index (χ1) is 15.7. The van der Waals surface area contributed by atoms with Gasteiger partial charge in [0.25, 0.3) is 5.91 Å². The third kappa shape index (κ3) is 4.65. The molecule has 0 bridgehead atoms. The molecule has 2 amide bonds. The summed E-state index contributed by atoms with van der Waals surface area (Å²) in [4.78, 5) is 29.5. The average molecular weight is 435 g/mol. The van der Waals surface area contributed by atoms with Gasteiger partial charge in [-0.3, -0.25) is 9.59 Å². The van der Waals surface area contributed by atoms with Gasteiger partial charge in [-0.2, -0.15) is 0 Å². The first-order valence-electron chi connectivity index (χ1n) is 11.7. The van der Waals surface area contributed by atoms with E-state index in [1.807, 2.05) is 52.3 Å². The second-order valence-electron chi connectivity index (χ2n) is 8.93. The van der Waals surface area contributed by atoms with E-state index in [9.17, 15) is 9.59 Å². The molecule has 0 spiro atoms. The first-order valence-corrected chi connectivity index (χ1v) is 11.7. The number of rotatable bonds is 5. The third-order valence-corrected chi connectivity index (χ3v) is 6.77.